The summed E-state index contributed by atoms with van der Waals surface area (Å²) in [6.45, 7) is -0.226. The summed E-state index contributed by atoms with van der Waals surface area (Å²) < 4.78 is 4.56. The molecular weight excluding hydrogens is 216 g/mol. The molecule has 1 rings (SSSR count). The Balaban J connectivity index is 3.10. The highest BCUT2D eigenvalue weighted by atomic mass is 35.5. The summed E-state index contributed by atoms with van der Waals surface area (Å²) in [5.74, 6) is 4.65. The Morgan fingerprint density at radius 2 is 2.33 bits per heavy atom. The van der Waals surface area contributed by atoms with Crippen molar-refractivity contribution in [3.63, 3.8) is 0 Å². The van der Waals surface area contributed by atoms with E-state index in [0.29, 0.717) is 10.6 Å². The van der Waals surface area contributed by atoms with Crippen molar-refractivity contribution < 1.29 is 14.6 Å². The van der Waals surface area contributed by atoms with Crippen LogP contribution in [-0.4, -0.2) is 24.8 Å². The second kappa shape index (κ2) is 5.40. The molecule has 0 heterocycles. The molecule has 0 atom stereocenters. The van der Waals surface area contributed by atoms with Gasteiger partial charge >= 0.3 is 5.97 Å². The Morgan fingerprint density at radius 3 is 2.93 bits per heavy atom. The van der Waals surface area contributed by atoms with Crippen molar-refractivity contribution in [2.24, 2.45) is 0 Å². The Labute approximate surface area is 92.6 Å². The van der Waals surface area contributed by atoms with Gasteiger partial charge in [0.05, 0.1) is 17.7 Å². The SMILES string of the molecule is COC(=O)c1cc(C#CCO)ccc1Cl. The van der Waals surface area contributed by atoms with Crippen molar-refractivity contribution in [3.05, 3.63) is 34.3 Å². The van der Waals surface area contributed by atoms with Gasteiger partial charge in [-0.1, -0.05) is 23.4 Å². The summed E-state index contributed by atoms with van der Waals surface area (Å²) in [7, 11) is 1.28. The van der Waals surface area contributed by atoms with Crippen LogP contribution in [0.5, 0.6) is 0 Å². The highest BCUT2D eigenvalue weighted by Gasteiger charge is 2.10. The lowest BCUT2D eigenvalue weighted by atomic mass is 10.1. The molecule has 3 nitrogen and oxygen atoms in total. The van der Waals surface area contributed by atoms with E-state index in [0.717, 1.165) is 0 Å². The zero-order valence-electron chi connectivity index (χ0n) is 8.08. The first kappa shape index (κ1) is 11.6. The number of esters is 1. The monoisotopic (exact) mass is 224 g/mol. The van der Waals surface area contributed by atoms with E-state index in [4.69, 9.17) is 16.7 Å². The molecule has 1 N–H and O–H groups in total. The molecule has 1 aromatic carbocycles. The number of carbonyl (C=O) groups excluding carboxylic acids is 1. The number of hydrogen-bond donors (Lipinski definition) is 1. The summed E-state index contributed by atoms with van der Waals surface area (Å²) in [5, 5.41) is 8.83. The molecule has 1 aromatic rings. The minimum atomic E-state index is -0.507. The topological polar surface area (TPSA) is 46.5 Å². The normalized spacial score (nSPS) is 9.00. The first-order valence-electron chi connectivity index (χ1n) is 4.16. The van der Waals surface area contributed by atoms with Crippen LogP contribution in [0.1, 0.15) is 15.9 Å². The van der Waals surface area contributed by atoms with Crippen LogP contribution in [-0.2, 0) is 4.74 Å². The van der Waals surface area contributed by atoms with E-state index < -0.39 is 5.97 Å². The van der Waals surface area contributed by atoms with Crippen LogP contribution in [0.4, 0.5) is 0 Å². The maximum atomic E-state index is 11.3. The Hall–Kier alpha value is -1.50. The molecular formula is C11H9ClO3. The zero-order valence-corrected chi connectivity index (χ0v) is 8.84. The van der Waals surface area contributed by atoms with E-state index in [2.05, 4.69) is 16.6 Å². The second-order valence-electron chi connectivity index (χ2n) is 2.65. The van der Waals surface area contributed by atoms with Crippen molar-refractivity contribution in [2.75, 3.05) is 13.7 Å². The van der Waals surface area contributed by atoms with Crippen molar-refractivity contribution in [3.8, 4) is 11.8 Å². The van der Waals surface area contributed by atoms with Crippen molar-refractivity contribution >= 4 is 17.6 Å². The molecule has 0 aliphatic rings. The predicted octanol–water partition coefficient (Wildman–Crippen LogP) is 1.47. The molecule has 15 heavy (non-hydrogen) atoms. The number of rotatable bonds is 1. The van der Waals surface area contributed by atoms with Crippen molar-refractivity contribution in [2.45, 2.75) is 0 Å². The Kier molecular flexibility index (Phi) is 4.17. The third kappa shape index (κ3) is 2.98. The fraction of sp³-hybridized carbons (Fsp3) is 0.182. The number of aliphatic hydroxyl groups is 1. The van der Waals surface area contributed by atoms with Crippen molar-refractivity contribution in [1.82, 2.24) is 0 Å². The van der Waals surface area contributed by atoms with Crippen molar-refractivity contribution in [1.29, 1.82) is 0 Å². The van der Waals surface area contributed by atoms with Gasteiger partial charge in [0.25, 0.3) is 0 Å². The van der Waals surface area contributed by atoms with Gasteiger partial charge < -0.3 is 9.84 Å². The summed E-state index contributed by atoms with van der Waals surface area (Å²) >= 11 is 5.81. The summed E-state index contributed by atoms with van der Waals surface area (Å²) in [4.78, 5) is 11.3. The number of aliphatic hydroxyl groups excluding tert-OH is 1. The van der Waals surface area contributed by atoms with Crippen LogP contribution in [0.3, 0.4) is 0 Å². The highest BCUT2D eigenvalue weighted by molar-refractivity contribution is 6.33. The first-order valence-corrected chi connectivity index (χ1v) is 4.54. The average Bonchev–Trinajstić information content (AvgIpc) is 2.27. The van der Waals surface area contributed by atoms with Crippen LogP contribution < -0.4 is 0 Å². The third-order valence-electron chi connectivity index (χ3n) is 1.68. The third-order valence-corrected chi connectivity index (χ3v) is 2.01. The molecule has 0 aromatic heterocycles. The van der Waals surface area contributed by atoms with E-state index in [1.807, 2.05) is 0 Å². The fourth-order valence-electron chi connectivity index (χ4n) is 1.01. The van der Waals surface area contributed by atoms with E-state index in [1.54, 1.807) is 12.1 Å². The molecule has 0 aliphatic carbocycles. The molecule has 4 heteroatoms. The number of benzene rings is 1. The number of ether oxygens (including phenoxy) is 1. The largest absolute Gasteiger partial charge is 0.465 e. The van der Waals surface area contributed by atoms with E-state index in [-0.39, 0.29) is 12.2 Å². The van der Waals surface area contributed by atoms with Gasteiger partial charge in [-0.2, -0.15) is 0 Å². The van der Waals surface area contributed by atoms with E-state index >= 15 is 0 Å². The lowest BCUT2D eigenvalue weighted by molar-refractivity contribution is 0.0601. The first-order chi connectivity index (χ1) is 7.19. The predicted molar refractivity (Wildman–Crippen MR) is 56.8 cm³/mol. The van der Waals surface area contributed by atoms with E-state index in [1.165, 1.54) is 13.2 Å². The Bertz CT molecular complexity index is 429. The molecule has 0 saturated heterocycles. The lowest BCUT2D eigenvalue weighted by Crippen LogP contribution is -2.02. The molecule has 0 saturated carbocycles. The summed E-state index contributed by atoms with van der Waals surface area (Å²) in [5.41, 5.74) is 0.873. The van der Waals surface area contributed by atoms with Gasteiger partial charge in [-0.15, -0.1) is 0 Å². The number of methoxy groups -OCH3 is 1. The van der Waals surface area contributed by atoms with Crippen LogP contribution in [0.15, 0.2) is 18.2 Å². The molecule has 0 radical (unpaired) electrons. The standard InChI is InChI=1S/C11H9ClO3/c1-15-11(14)9-7-8(3-2-6-13)4-5-10(9)12/h4-5,7,13H,6H2,1H3. The van der Waals surface area contributed by atoms with Gasteiger partial charge in [-0.25, -0.2) is 4.79 Å². The second-order valence-corrected chi connectivity index (χ2v) is 3.05. The number of carbonyl (C=O) groups is 1. The quantitative estimate of drug-likeness (QED) is 0.581. The van der Waals surface area contributed by atoms with E-state index in [9.17, 15) is 4.79 Å². The molecule has 0 amide bonds. The van der Waals surface area contributed by atoms with Crippen LogP contribution in [0, 0.1) is 11.8 Å². The molecule has 0 unspecified atom stereocenters. The highest BCUT2D eigenvalue weighted by Crippen LogP contribution is 2.18. The van der Waals surface area contributed by atoms with Gasteiger partial charge in [0, 0.05) is 5.56 Å². The molecule has 0 bridgehead atoms. The molecule has 0 spiro atoms. The minimum absolute atomic E-state index is 0.226. The smallest absolute Gasteiger partial charge is 0.339 e. The number of halogens is 1. The Morgan fingerprint density at radius 1 is 1.60 bits per heavy atom. The molecule has 78 valence electrons. The minimum Gasteiger partial charge on any atom is -0.465 e. The maximum absolute atomic E-state index is 11.3. The fourth-order valence-corrected chi connectivity index (χ4v) is 1.21. The average molecular weight is 225 g/mol. The molecule has 0 aliphatic heterocycles. The molecule has 0 fully saturated rings. The maximum Gasteiger partial charge on any atom is 0.339 e. The number of hydrogen-bond acceptors (Lipinski definition) is 3. The van der Waals surface area contributed by atoms with Gasteiger partial charge in [0.15, 0.2) is 0 Å². The van der Waals surface area contributed by atoms with Gasteiger partial charge in [-0.3, -0.25) is 0 Å². The van der Waals surface area contributed by atoms with Gasteiger partial charge in [0.2, 0.25) is 0 Å². The summed E-state index contributed by atoms with van der Waals surface area (Å²) in [6, 6.07) is 4.75. The van der Waals surface area contributed by atoms with Crippen LogP contribution >= 0.6 is 11.6 Å². The summed E-state index contributed by atoms with van der Waals surface area (Å²) in [6.07, 6.45) is 0. The van der Waals surface area contributed by atoms with Gasteiger partial charge in [-0.05, 0) is 18.2 Å². The lowest BCUT2D eigenvalue weighted by Gasteiger charge is -2.02. The van der Waals surface area contributed by atoms with Gasteiger partial charge in [0.1, 0.15) is 6.61 Å². The van der Waals surface area contributed by atoms with Crippen LogP contribution in [0.25, 0.3) is 0 Å². The van der Waals surface area contributed by atoms with Crippen LogP contribution in [0.2, 0.25) is 5.02 Å². The zero-order chi connectivity index (χ0) is 11.3.